The zero-order valence-corrected chi connectivity index (χ0v) is 11.7. The van der Waals surface area contributed by atoms with Crippen LogP contribution >= 0.6 is 11.3 Å². The molecule has 0 aliphatic heterocycles. The number of rotatable bonds is 5. The van der Waals surface area contributed by atoms with E-state index in [1.165, 1.54) is 0 Å². The van der Waals surface area contributed by atoms with Gasteiger partial charge in [0.15, 0.2) is 0 Å². The van der Waals surface area contributed by atoms with Crippen LogP contribution in [0.25, 0.3) is 6.08 Å². The fraction of sp³-hybridized carbons (Fsp3) is 0.143. The van der Waals surface area contributed by atoms with E-state index in [1.54, 1.807) is 23.9 Å². The van der Waals surface area contributed by atoms with Gasteiger partial charge in [-0.15, -0.1) is 0 Å². The first-order valence-electron chi connectivity index (χ1n) is 5.48. The Morgan fingerprint density at radius 1 is 1.28 bits per heavy atom. The maximum atomic E-state index is 11.9. The summed E-state index contributed by atoms with van der Waals surface area (Å²) in [6.07, 6.45) is 1.90. The molecule has 2 rings (SSSR count). The van der Waals surface area contributed by atoms with Crippen LogP contribution in [0, 0.1) is 0 Å². The quantitative estimate of drug-likeness (QED) is 0.782. The lowest BCUT2D eigenvalue weighted by molar-refractivity contribution is 0.414. The van der Waals surface area contributed by atoms with Gasteiger partial charge in [0, 0.05) is 5.56 Å². The minimum Gasteiger partial charge on any atom is -0.612 e. The third-order valence-electron chi connectivity index (χ3n) is 2.42. The van der Waals surface area contributed by atoms with Gasteiger partial charge in [0.1, 0.15) is 16.9 Å². The van der Waals surface area contributed by atoms with Crippen molar-refractivity contribution < 1.29 is 9.29 Å². The Morgan fingerprint density at radius 3 is 2.67 bits per heavy atom. The van der Waals surface area contributed by atoms with Gasteiger partial charge in [0.05, 0.1) is 7.11 Å². The Labute approximate surface area is 114 Å². The molecule has 1 aromatic carbocycles. The van der Waals surface area contributed by atoms with Crippen molar-refractivity contribution in [1.29, 1.82) is 0 Å². The molecule has 0 fully saturated rings. The van der Waals surface area contributed by atoms with Crippen LogP contribution in [0.5, 0.6) is 5.75 Å². The Bertz CT molecular complexity index is 489. The highest BCUT2D eigenvalue weighted by Gasteiger charge is 2.04. The van der Waals surface area contributed by atoms with E-state index in [0.717, 1.165) is 16.9 Å². The van der Waals surface area contributed by atoms with Gasteiger partial charge in [-0.05, 0) is 51.8 Å². The van der Waals surface area contributed by atoms with E-state index in [1.807, 2.05) is 47.2 Å². The monoisotopic (exact) mass is 278 g/mol. The average molecular weight is 278 g/mol. The summed E-state index contributed by atoms with van der Waals surface area (Å²) in [6.45, 7) is 0. The van der Waals surface area contributed by atoms with Crippen molar-refractivity contribution >= 4 is 28.6 Å². The Morgan fingerprint density at radius 2 is 2.06 bits per heavy atom. The molecule has 0 spiro atoms. The molecule has 4 heteroatoms. The van der Waals surface area contributed by atoms with E-state index in [9.17, 15) is 4.55 Å². The number of thiophene rings is 1. The zero-order chi connectivity index (χ0) is 12.8. The standard InChI is InChI=1S/C14H14O2S2/c1-16-14-4-2-13(3-5-14)11-18(15)9-7-12-6-8-17-10-12/h2-10H,11H2,1H3. The molecule has 0 saturated carbocycles. The van der Waals surface area contributed by atoms with E-state index < -0.39 is 11.2 Å². The van der Waals surface area contributed by atoms with Crippen LogP contribution in [-0.2, 0) is 16.9 Å². The van der Waals surface area contributed by atoms with Crippen molar-refractivity contribution in [2.75, 3.05) is 7.11 Å². The molecule has 0 N–H and O–H groups in total. The van der Waals surface area contributed by atoms with Crippen LogP contribution in [0.2, 0.25) is 0 Å². The maximum Gasteiger partial charge on any atom is 0.135 e. The molecule has 2 nitrogen and oxygen atoms in total. The SMILES string of the molecule is COc1ccc(C[S+]([O-])C=Cc2ccsc2)cc1. The van der Waals surface area contributed by atoms with Crippen LogP contribution in [0.3, 0.4) is 0 Å². The van der Waals surface area contributed by atoms with Crippen molar-refractivity contribution in [3.8, 4) is 5.75 Å². The van der Waals surface area contributed by atoms with Gasteiger partial charge in [-0.25, -0.2) is 0 Å². The summed E-state index contributed by atoms with van der Waals surface area (Å²) in [6, 6.07) is 9.65. The van der Waals surface area contributed by atoms with Gasteiger partial charge in [-0.3, -0.25) is 0 Å². The first kappa shape index (κ1) is 13.2. The molecule has 2 aromatic rings. The minimum absolute atomic E-state index is 0.532. The molecule has 0 aliphatic rings. The van der Waals surface area contributed by atoms with Gasteiger partial charge < -0.3 is 9.29 Å². The molecular weight excluding hydrogens is 264 g/mol. The average Bonchev–Trinajstić information content (AvgIpc) is 2.90. The Kier molecular flexibility index (Phi) is 4.87. The van der Waals surface area contributed by atoms with E-state index in [4.69, 9.17) is 4.74 Å². The number of ether oxygens (including phenoxy) is 1. The topological polar surface area (TPSA) is 32.3 Å². The van der Waals surface area contributed by atoms with Gasteiger partial charge >= 0.3 is 0 Å². The van der Waals surface area contributed by atoms with Gasteiger partial charge in [0.2, 0.25) is 0 Å². The summed E-state index contributed by atoms with van der Waals surface area (Å²) in [5.74, 6) is 1.35. The summed E-state index contributed by atoms with van der Waals surface area (Å²) >= 11 is 0.654. The summed E-state index contributed by atoms with van der Waals surface area (Å²) in [4.78, 5) is 0. The number of methoxy groups -OCH3 is 1. The molecule has 0 aliphatic carbocycles. The molecular formula is C14H14O2S2. The highest BCUT2D eigenvalue weighted by atomic mass is 32.2. The first-order valence-corrected chi connectivity index (χ1v) is 7.81. The van der Waals surface area contributed by atoms with Crippen molar-refractivity contribution in [3.63, 3.8) is 0 Å². The fourth-order valence-corrected chi connectivity index (χ4v) is 3.01. The molecule has 1 atom stereocenters. The number of benzene rings is 1. The summed E-state index contributed by atoms with van der Waals surface area (Å²) in [5.41, 5.74) is 2.15. The fourth-order valence-electron chi connectivity index (χ4n) is 1.46. The van der Waals surface area contributed by atoms with Crippen LogP contribution in [0.4, 0.5) is 0 Å². The van der Waals surface area contributed by atoms with E-state index in [0.29, 0.717) is 5.75 Å². The third-order valence-corrected chi connectivity index (χ3v) is 4.18. The lowest BCUT2D eigenvalue weighted by Gasteiger charge is -2.06. The first-order chi connectivity index (χ1) is 8.78. The lowest BCUT2D eigenvalue weighted by atomic mass is 10.2. The molecule has 0 amide bonds. The van der Waals surface area contributed by atoms with E-state index in [-0.39, 0.29) is 0 Å². The van der Waals surface area contributed by atoms with Gasteiger partial charge in [-0.2, -0.15) is 11.3 Å². The van der Waals surface area contributed by atoms with Crippen LogP contribution in [-0.4, -0.2) is 11.7 Å². The summed E-state index contributed by atoms with van der Waals surface area (Å²) in [7, 11) is 1.64. The minimum atomic E-state index is -0.981. The molecule has 0 radical (unpaired) electrons. The van der Waals surface area contributed by atoms with Crippen LogP contribution in [0.1, 0.15) is 11.1 Å². The van der Waals surface area contributed by atoms with Crippen molar-refractivity contribution in [3.05, 3.63) is 57.6 Å². The Balaban J connectivity index is 1.92. The van der Waals surface area contributed by atoms with E-state index >= 15 is 0 Å². The van der Waals surface area contributed by atoms with Crippen LogP contribution < -0.4 is 4.74 Å². The second-order valence-corrected chi connectivity index (χ2v) is 5.83. The van der Waals surface area contributed by atoms with Gasteiger partial charge in [-0.1, -0.05) is 12.1 Å². The highest BCUT2D eigenvalue weighted by molar-refractivity contribution is 7.93. The van der Waals surface area contributed by atoms with Crippen LogP contribution in [0.15, 0.2) is 46.5 Å². The summed E-state index contributed by atoms with van der Waals surface area (Å²) in [5, 5.41) is 5.78. The maximum absolute atomic E-state index is 11.9. The van der Waals surface area contributed by atoms with Crippen molar-refractivity contribution in [2.24, 2.45) is 0 Å². The molecule has 1 unspecified atom stereocenters. The molecule has 0 saturated heterocycles. The van der Waals surface area contributed by atoms with Gasteiger partial charge in [0.25, 0.3) is 0 Å². The van der Waals surface area contributed by atoms with Crippen molar-refractivity contribution in [1.82, 2.24) is 0 Å². The lowest BCUT2D eigenvalue weighted by Crippen LogP contribution is -1.99. The highest BCUT2D eigenvalue weighted by Crippen LogP contribution is 2.15. The normalized spacial score (nSPS) is 12.8. The smallest absolute Gasteiger partial charge is 0.135 e. The Hall–Kier alpha value is -1.23. The third kappa shape index (κ3) is 3.91. The molecule has 94 valence electrons. The largest absolute Gasteiger partial charge is 0.612 e. The van der Waals surface area contributed by atoms with E-state index in [2.05, 4.69) is 0 Å². The molecule has 1 heterocycles. The summed E-state index contributed by atoms with van der Waals surface area (Å²) < 4.78 is 16.9. The predicted molar refractivity (Wildman–Crippen MR) is 78.2 cm³/mol. The van der Waals surface area contributed by atoms with Crippen molar-refractivity contribution in [2.45, 2.75) is 5.75 Å². The second kappa shape index (κ2) is 6.64. The number of hydrogen-bond acceptors (Lipinski definition) is 3. The molecule has 18 heavy (non-hydrogen) atoms. The predicted octanol–water partition coefficient (Wildman–Crippen LogP) is 3.68. The molecule has 1 aromatic heterocycles. The zero-order valence-electron chi connectivity index (χ0n) is 10.0. The number of hydrogen-bond donors (Lipinski definition) is 0. The molecule has 0 bridgehead atoms. The second-order valence-electron chi connectivity index (χ2n) is 3.73.